The fourth-order valence-electron chi connectivity index (χ4n) is 6.73. The van der Waals surface area contributed by atoms with Crippen LogP contribution >= 0.6 is 11.3 Å². The van der Waals surface area contributed by atoms with Crippen molar-refractivity contribution >= 4 is 80.9 Å². The maximum atomic E-state index is 2.42. The van der Waals surface area contributed by atoms with E-state index in [1.54, 1.807) is 0 Å². The molecule has 0 aliphatic carbocycles. The molecule has 1 heterocycles. The first-order valence-corrected chi connectivity index (χ1v) is 15.8. The van der Waals surface area contributed by atoms with E-state index in [-0.39, 0.29) is 0 Å². The zero-order valence-corrected chi connectivity index (χ0v) is 24.8. The fraction of sp³-hybridized carbons (Fsp3) is 0. The second-order valence-electron chi connectivity index (χ2n) is 11.4. The van der Waals surface area contributed by atoms with Gasteiger partial charge >= 0.3 is 0 Å². The van der Waals surface area contributed by atoms with Gasteiger partial charge in [-0.25, -0.2) is 0 Å². The summed E-state index contributed by atoms with van der Waals surface area (Å²) in [5.74, 6) is 0. The summed E-state index contributed by atoms with van der Waals surface area (Å²) < 4.78 is 2.67. The minimum atomic E-state index is 1.13. The highest BCUT2D eigenvalue weighted by Gasteiger charge is 2.18. The average molecular weight is 578 g/mol. The number of hydrogen-bond acceptors (Lipinski definition) is 2. The van der Waals surface area contributed by atoms with Gasteiger partial charge in [-0.1, -0.05) is 127 Å². The predicted octanol–water partition coefficient (Wildman–Crippen LogP) is 12.7. The van der Waals surface area contributed by atoms with E-state index in [1.807, 2.05) is 11.3 Å². The molecule has 9 rings (SSSR count). The Balaban J connectivity index is 1.26. The molecule has 0 spiro atoms. The Kier molecular flexibility index (Phi) is 5.75. The number of fused-ring (bicyclic) bond motifs is 7. The Hall–Kier alpha value is -5.44. The number of thiophene rings is 1. The molecule has 0 unspecified atom stereocenters. The first-order valence-electron chi connectivity index (χ1n) is 15.0. The van der Waals surface area contributed by atoms with Crippen LogP contribution in [-0.4, -0.2) is 0 Å². The van der Waals surface area contributed by atoms with E-state index >= 15 is 0 Å². The molecule has 2 heteroatoms. The molecular weight excluding hydrogens is 551 g/mol. The average Bonchev–Trinajstić information content (AvgIpc) is 3.48. The maximum absolute atomic E-state index is 2.42. The highest BCUT2D eigenvalue weighted by atomic mass is 32.1. The van der Waals surface area contributed by atoms with Gasteiger partial charge in [-0.15, -0.1) is 11.3 Å². The lowest BCUT2D eigenvalue weighted by molar-refractivity contribution is 1.31. The van der Waals surface area contributed by atoms with Crippen molar-refractivity contribution in [2.75, 3.05) is 4.90 Å². The van der Waals surface area contributed by atoms with Gasteiger partial charge in [-0.3, -0.25) is 0 Å². The van der Waals surface area contributed by atoms with Crippen LogP contribution in [0.25, 0.3) is 63.6 Å². The normalized spacial score (nSPS) is 11.6. The molecule has 206 valence electrons. The lowest BCUT2D eigenvalue weighted by atomic mass is 9.98. The van der Waals surface area contributed by atoms with Crippen molar-refractivity contribution in [1.82, 2.24) is 0 Å². The molecule has 44 heavy (non-hydrogen) atoms. The van der Waals surface area contributed by atoms with Crippen molar-refractivity contribution in [3.63, 3.8) is 0 Å². The third-order valence-electron chi connectivity index (χ3n) is 8.82. The number of nitrogens with zero attached hydrogens (tertiary/aromatic N) is 1. The Labute approximate surface area is 259 Å². The van der Waals surface area contributed by atoms with E-state index in [0.29, 0.717) is 0 Å². The second kappa shape index (κ2) is 10.1. The molecule has 1 nitrogen and oxygen atoms in total. The summed E-state index contributed by atoms with van der Waals surface area (Å²) in [4.78, 5) is 2.42. The van der Waals surface area contributed by atoms with Gasteiger partial charge in [0.25, 0.3) is 0 Å². The molecule has 0 amide bonds. The molecule has 9 aromatic rings. The Morgan fingerprint density at radius 3 is 1.93 bits per heavy atom. The summed E-state index contributed by atoms with van der Waals surface area (Å²) in [5, 5.41) is 10.1. The van der Waals surface area contributed by atoms with Crippen molar-refractivity contribution in [3.05, 3.63) is 164 Å². The van der Waals surface area contributed by atoms with E-state index in [2.05, 4.69) is 169 Å². The molecule has 0 aliphatic rings. The first-order chi connectivity index (χ1) is 21.8. The molecule has 0 atom stereocenters. The van der Waals surface area contributed by atoms with Crippen molar-refractivity contribution in [2.24, 2.45) is 0 Å². The van der Waals surface area contributed by atoms with Gasteiger partial charge in [0.2, 0.25) is 0 Å². The molecular formula is C42H27NS. The summed E-state index contributed by atoms with van der Waals surface area (Å²) in [7, 11) is 0. The minimum absolute atomic E-state index is 1.13. The third kappa shape index (κ3) is 4.00. The molecule has 0 saturated carbocycles. The van der Waals surface area contributed by atoms with E-state index in [1.165, 1.54) is 69.3 Å². The highest BCUT2D eigenvalue weighted by Crippen LogP contribution is 2.44. The summed E-state index contributed by atoms with van der Waals surface area (Å²) in [6, 6.07) is 59.8. The summed E-state index contributed by atoms with van der Waals surface area (Å²) in [6.45, 7) is 0. The van der Waals surface area contributed by atoms with E-state index < -0.39 is 0 Å². The van der Waals surface area contributed by atoms with Crippen molar-refractivity contribution < 1.29 is 0 Å². The van der Waals surface area contributed by atoms with Gasteiger partial charge in [-0.05, 0) is 74.5 Å². The summed E-state index contributed by atoms with van der Waals surface area (Å²) in [5.41, 5.74) is 5.96. The zero-order chi connectivity index (χ0) is 29.0. The van der Waals surface area contributed by atoms with Crippen LogP contribution in [0.15, 0.2) is 164 Å². The van der Waals surface area contributed by atoms with Crippen LogP contribution in [0.3, 0.4) is 0 Å². The molecule has 0 aliphatic heterocycles. The summed E-state index contributed by atoms with van der Waals surface area (Å²) >= 11 is 1.88. The Morgan fingerprint density at radius 1 is 0.409 bits per heavy atom. The maximum Gasteiger partial charge on any atom is 0.0546 e. The zero-order valence-electron chi connectivity index (χ0n) is 23.9. The van der Waals surface area contributed by atoms with E-state index in [0.717, 1.165) is 11.4 Å². The van der Waals surface area contributed by atoms with Gasteiger partial charge in [0.15, 0.2) is 0 Å². The van der Waals surface area contributed by atoms with Crippen LogP contribution in [0.1, 0.15) is 0 Å². The number of benzene rings is 8. The minimum Gasteiger partial charge on any atom is -0.310 e. The molecule has 0 radical (unpaired) electrons. The van der Waals surface area contributed by atoms with Crippen LogP contribution in [0.2, 0.25) is 0 Å². The Morgan fingerprint density at radius 2 is 1.05 bits per heavy atom. The number of anilines is 3. The lowest BCUT2D eigenvalue weighted by Crippen LogP contribution is -2.10. The third-order valence-corrected chi connectivity index (χ3v) is 10.0. The van der Waals surface area contributed by atoms with Crippen LogP contribution in [0.4, 0.5) is 17.1 Å². The van der Waals surface area contributed by atoms with Gasteiger partial charge < -0.3 is 4.90 Å². The number of rotatable bonds is 4. The SMILES string of the molecule is c1ccc2cc(N(c3ccc(-c4cccc5c4sc4ccccc45)cc3)c3cccc4ccc5ccccc5c34)ccc2c1. The summed E-state index contributed by atoms with van der Waals surface area (Å²) in [6.07, 6.45) is 0. The van der Waals surface area contributed by atoms with E-state index in [9.17, 15) is 0 Å². The molecule has 0 saturated heterocycles. The molecule has 0 bridgehead atoms. The standard InChI is InChI=1S/C42H27NS/c1-2-11-32-27-34(26-21-28(32)9-1)43(39-17-7-12-31-20-19-29-10-3-4-13-35(29)41(31)39)33-24-22-30(23-25-33)36-15-8-16-38-37-14-5-6-18-40(37)44-42(36)38/h1-27H. The van der Waals surface area contributed by atoms with Gasteiger partial charge in [0.05, 0.1) is 5.69 Å². The fourth-order valence-corrected chi connectivity index (χ4v) is 7.97. The van der Waals surface area contributed by atoms with Gasteiger partial charge in [0, 0.05) is 36.9 Å². The highest BCUT2D eigenvalue weighted by molar-refractivity contribution is 7.26. The van der Waals surface area contributed by atoms with Crippen LogP contribution in [0, 0.1) is 0 Å². The predicted molar refractivity (Wildman–Crippen MR) is 192 cm³/mol. The number of hydrogen-bond donors (Lipinski definition) is 0. The molecule has 8 aromatic carbocycles. The van der Waals surface area contributed by atoms with E-state index in [4.69, 9.17) is 0 Å². The van der Waals surface area contributed by atoms with Gasteiger partial charge in [0.1, 0.15) is 0 Å². The largest absolute Gasteiger partial charge is 0.310 e. The second-order valence-corrected chi connectivity index (χ2v) is 12.4. The molecule has 0 N–H and O–H groups in total. The van der Waals surface area contributed by atoms with Crippen LogP contribution in [0.5, 0.6) is 0 Å². The van der Waals surface area contributed by atoms with Crippen molar-refractivity contribution in [1.29, 1.82) is 0 Å². The van der Waals surface area contributed by atoms with Crippen LogP contribution < -0.4 is 4.90 Å². The smallest absolute Gasteiger partial charge is 0.0546 e. The van der Waals surface area contributed by atoms with Crippen molar-refractivity contribution in [2.45, 2.75) is 0 Å². The van der Waals surface area contributed by atoms with Gasteiger partial charge in [-0.2, -0.15) is 0 Å². The molecule has 0 fully saturated rings. The van der Waals surface area contributed by atoms with Crippen LogP contribution in [-0.2, 0) is 0 Å². The topological polar surface area (TPSA) is 3.24 Å². The molecule has 1 aromatic heterocycles. The lowest BCUT2D eigenvalue weighted by Gasteiger charge is -2.28. The Bertz CT molecular complexity index is 2500. The quantitative estimate of drug-likeness (QED) is 0.188. The monoisotopic (exact) mass is 577 g/mol. The van der Waals surface area contributed by atoms with Crippen molar-refractivity contribution in [3.8, 4) is 11.1 Å². The first kappa shape index (κ1) is 25.1.